The molecule has 0 bridgehead atoms. The van der Waals surface area contributed by atoms with Crippen LogP contribution in [0.2, 0.25) is 6.82 Å². The summed E-state index contributed by atoms with van der Waals surface area (Å²) in [7, 11) is 0.193. The Morgan fingerprint density at radius 3 is 2.70 bits per heavy atom. The summed E-state index contributed by atoms with van der Waals surface area (Å²) in [5.74, 6) is 0. The summed E-state index contributed by atoms with van der Waals surface area (Å²) in [6.45, 7) is 3.13. The van der Waals surface area contributed by atoms with Crippen LogP contribution in [0.25, 0.3) is 0 Å². The lowest BCUT2D eigenvalue weighted by atomic mass is 9.83. The second-order valence-electron chi connectivity index (χ2n) is 5.78. The van der Waals surface area contributed by atoms with Crippen molar-refractivity contribution in [2.24, 2.45) is 0 Å². The molecule has 0 N–H and O–H groups in total. The maximum atomic E-state index is 6.18. The van der Waals surface area contributed by atoms with Gasteiger partial charge in [0.1, 0.15) is 0 Å². The van der Waals surface area contributed by atoms with Crippen molar-refractivity contribution in [3.8, 4) is 0 Å². The van der Waals surface area contributed by atoms with Crippen molar-refractivity contribution in [2.75, 3.05) is 0 Å². The number of nitrogens with zero attached hydrogens (tertiary/aromatic N) is 1. The van der Waals surface area contributed by atoms with Crippen molar-refractivity contribution in [3.05, 3.63) is 71.3 Å². The highest BCUT2D eigenvalue weighted by Gasteiger charge is 2.47. The molecule has 2 aromatic rings. The van der Waals surface area contributed by atoms with E-state index in [0.29, 0.717) is 12.1 Å². The molecule has 3 heteroatoms. The van der Waals surface area contributed by atoms with Gasteiger partial charge in [0.15, 0.2) is 0 Å². The molecule has 0 aromatic heterocycles. The molecule has 0 spiro atoms. The first-order chi connectivity index (χ1) is 9.83. The van der Waals surface area contributed by atoms with E-state index < -0.39 is 0 Å². The fraction of sp³-hybridized carbons (Fsp3) is 0.294. The van der Waals surface area contributed by atoms with Crippen molar-refractivity contribution in [1.82, 2.24) is 4.81 Å². The highest BCUT2D eigenvalue weighted by Crippen LogP contribution is 2.43. The summed E-state index contributed by atoms with van der Waals surface area (Å²) >= 11 is 0. The van der Waals surface area contributed by atoms with Crippen LogP contribution in [-0.4, -0.2) is 18.0 Å². The summed E-state index contributed by atoms with van der Waals surface area (Å²) in [4.78, 5) is 2.49. The molecular formula is C17H18BNO. The van der Waals surface area contributed by atoms with Gasteiger partial charge in [0.2, 0.25) is 0 Å². The first-order valence-electron chi connectivity index (χ1n) is 7.36. The van der Waals surface area contributed by atoms with Crippen molar-refractivity contribution in [2.45, 2.75) is 31.9 Å². The second-order valence-corrected chi connectivity index (χ2v) is 5.78. The Labute approximate surface area is 120 Å². The highest BCUT2D eigenvalue weighted by atomic mass is 16.5. The molecule has 2 aromatic carbocycles. The molecule has 4 rings (SSSR count). The first kappa shape index (κ1) is 12.2. The molecule has 2 aliphatic rings. The van der Waals surface area contributed by atoms with Gasteiger partial charge in [0.25, 0.3) is 0 Å². The fourth-order valence-corrected chi connectivity index (χ4v) is 3.63. The van der Waals surface area contributed by atoms with Crippen LogP contribution in [0.4, 0.5) is 0 Å². The smallest absolute Gasteiger partial charge is 0.380 e. The van der Waals surface area contributed by atoms with Gasteiger partial charge < -0.3 is 9.47 Å². The number of rotatable bonds is 2. The van der Waals surface area contributed by atoms with E-state index in [0.717, 1.165) is 13.0 Å². The summed E-state index contributed by atoms with van der Waals surface area (Å²) in [6.07, 6.45) is 1.38. The third-order valence-corrected chi connectivity index (χ3v) is 4.55. The Balaban J connectivity index is 1.66. The molecule has 0 amide bonds. The van der Waals surface area contributed by atoms with E-state index in [4.69, 9.17) is 4.65 Å². The molecule has 1 saturated heterocycles. The lowest BCUT2D eigenvalue weighted by Gasteiger charge is -2.25. The average Bonchev–Trinajstić information content (AvgIpc) is 2.97. The van der Waals surface area contributed by atoms with E-state index >= 15 is 0 Å². The van der Waals surface area contributed by atoms with Gasteiger partial charge >= 0.3 is 7.05 Å². The van der Waals surface area contributed by atoms with Gasteiger partial charge in [-0.05, 0) is 29.9 Å². The molecule has 1 fully saturated rings. The molecule has 1 aliphatic carbocycles. The maximum Gasteiger partial charge on any atom is 0.380 e. The Morgan fingerprint density at radius 1 is 1.10 bits per heavy atom. The quantitative estimate of drug-likeness (QED) is 0.771. The van der Waals surface area contributed by atoms with Crippen LogP contribution in [0, 0.1) is 0 Å². The predicted octanol–water partition coefficient (Wildman–Crippen LogP) is 3.30. The van der Waals surface area contributed by atoms with Crippen LogP contribution in [-0.2, 0) is 17.6 Å². The monoisotopic (exact) mass is 263 g/mol. The van der Waals surface area contributed by atoms with Gasteiger partial charge in [-0.2, -0.15) is 0 Å². The summed E-state index contributed by atoms with van der Waals surface area (Å²) < 4.78 is 6.18. The Morgan fingerprint density at radius 2 is 1.85 bits per heavy atom. The fourth-order valence-electron chi connectivity index (χ4n) is 3.63. The van der Waals surface area contributed by atoms with Gasteiger partial charge in [0.05, 0.1) is 12.1 Å². The number of benzene rings is 2. The van der Waals surface area contributed by atoms with Crippen molar-refractivity contribution < 1.29 is 4.65 Å². The lowest BCUT2D eigenvalue weighted by Crippen LogP contribution is -2.33. The van der Waals surface area contributed by atoms with Crippen LogP contribution in [0.1, 0.15) is 22.7 Å². The van der Waals surface area contributed by atoms with E-state index in [1.165, 1.54) is 16.7 Å². The number of hydrogen-bond donors (Lipinski definition) is 0. The van der Waals surface area contributed by atoms with E-state index in [-0.39, 0.29) is 7.05 Å². The predicted molar refractivity (Wildman–Crippen MR) is 81.4 cm³/mol. The van der Waals surface area contributed by atoms with E-state index in [9.17, 15) is 0 Å². The normalized spacial score (nSPS) is 24.8. The van der Waals surface area contributed by atoms with Crippen LogP contribution in [0.3, 0.4) is 0 Å². The SMILES string of the molecule is CB1O[C@H]2Cc3ccccc3[C@H]2N1Cc1ccccc1. The summed E-state index contributed by atoms with van der Waals surface area (Å²) in [5, 5.41) is 0. The molecule has 2 atom stereocenters. The molecule has 20 heavy (non-hydrogen) atoms. The molecule has 1 aliphatic heterocycles. The number of fused-ring (bicyclic) bond motifs is 3. The molecule has 1 heterocycles. The molecular weight excluding hydrogens is 245 g/mol. The highest BCUT2D eigenvalue weighted by molar-refractivity contribution is 6.47. The summed E-state index contributed by atoms with van der Waals surface area (Å²) in [6, 6.07) is 19.9. The van der Waals surface area contributed by atoms with Crippen LogP contribution in [0.15, 0.2) is 54.6 Å². The van der Waals surface area contributed by atoms with E-state index in [1.807, 2.05) is 0 Å². The molecule has 100 valence electrons. The van der Waals surface area contributed by atoms with Crippen LogP contribution >= 0.6 is 0 Å². The zero-order chi connectivity index (χ0) is 13.5. The molecule has 0 saturated carbocycles. The van der Waals surface area contributed by atoms with Crippen LogP contribution < -0.4 is 0 Å². The van der Waals surface area contributed by atoms with Gasteiger partial charge in [-0.15, -0.1) is 0 Å². The topological polar surface area (TPSA) is 12.5 Å². The van der Waals surface area contributed by atoms with E-state index in [1.54, 1.807) is 0 Å². The Bertz CT molecular complexity index is 615. The maximum absolute atomic E-state index is 6.18. The second kappa shape index (κ2) is 4.76. The zero-order valence-corrected chi connectivity index (χ0v) is 11.7. The minimum Gasteiger partial charge on any atom is -0.416 e. The van der Waals surface area contributed by atoms with Crippen molar-refractivity contribution >= 4 is 7.05 Å². The third kappa shape index (κ3) is 1.89. The minimum absolute atomic E-state index is 0.193. The lowest BCUT2D eigenvalue weighted by molar-refractivity contribution is 0.208. The van der Waals surface area contributed by atoms with E-state index in [2.05, 4.69) is 66.2 Å². The molecule has 0 unspecified atom stereocenters. The van der Waals surface area contributed by atoms with Gasteiger partial charge in [-0.25, -0.2) is 0 Å². The minimum atomic E-state index is 0.193. The van der Waals surface area contributed by atoms with Crippen LogP contribution in [0.5, 0.6) is 0 Å². The average molecular weight is 263 g/mol. The molecule has 2 nitrogen and oxygen atoms in total. The van der Waals surface area contributed by atoms with Crippen molar-refractivity contribution in [3.63, 3.8) is 0 Å². The first-order valence-corrected chi connectivity index (χ1v) is 7.36. The number of hydrogen-bond acceptors (Lipinski definition) is 2. The Kier molecular flexibility index (Phi) is 2.90. The summed E-state index contributed by atoms with van der Waals surface area (Å²) in [5.41, 5.74) is 4.26. The van der Waals surface area contributed by atoms with Gasteiger partial charge in [-0.3, -0.25) is 0 Å². The largest absolute Gasteiger partial charge is 0.416 e. The molecule has 0 radical (unpaired) electrons. The standard InChI is InChI=1S/C17H18BNO/c1-18-19(12-13-7-3-2-4-8-13)17-15-10-6-5-9-14(15)11-16(17)20-18/h2-10,16-17H,11-12H2,1H3/t16-,17+/m0/s1. The third-order valence-electron chi connectivity index (χ3n) is 4.55. The van der Waals surface area contributed by atoms with Gasteiger partial charge in [0, 0.05) is 6.54 Å². The van der Waals surface area contributed by atoms with Gasteiger partial charge in [-0.1, -0.05) is 54.6 Å². The Hall–Kier alpha value is -1.58. The zero-order valence-electron chi connectivity index (χ0n) is 11.7. The van der Waals surface area contributed by atoms with Crippen molar-refractivity contribution in [1.29, 1.82) is 0 Å².